The molecule has 1 fully saturated rings. The number of amidine groups is 1. The molecule has 25 heavy (non-hydrogen) atoms. The number of nitrogens with one attached hydrogen (secondary N) is 3. The molecule has 8 nitrogen and oxygen atoms in total. The molecule has 0 saturated carbocycles. The predicted molar refractivity (Wildman–Crippen MR) is 95.3 cm³/mol. The summed E-state index contributed by atoms with van der Waals surface area (Å²) >= 11 is 0. The molecule has 0 bridgehead atoms. The number of ether oxygens (including phenoxy) is 1. The molecule has 136 valence electrons. The van der Waals surface area contributed by atoms with Crippen molar-refractivity contribution in [3.8, 4) is 5.75 Å². The first-order valence-corrected chi connectivity index (χ1v) is 8.23. The van der Waals surface area contributed by atoms with Gasteiger partial charge in [0, 0.05) is 18.3 Å². The van der Waals surface area contributed by atoms with Crippen LogP contribution in [0.2, 0.25) is 0 Å². The Morgan fingerprint density at radius 1 is 1.48 bits per heavy atom. The van der Waals surface area contributed by atoms with E-state index >= 15 is 0 Å². The van der Waals surface area contributed by atoms with Crippen molar-refractivity contribution >= 4 is 23.3 Å². The van der Waals surface area contributed by atoms with Crippen LogP contribution in [0.4, 0.5) is 5.69 Å². The van der Waals surface area contributed by atoms with Crippen molar-refractivity contribution in [3.63, 3.8) is 0 Å². The topological polar surface area (TPSA) is 143 Å². The van der Waals surface area contributed by atoms with E-state index in [9.17, 15) is 9.59 Å². The first kappa shape index (κ1) is 18.6. The molecular weight excluding hydrogens is 322 g/mol. The summed E-state index contributed by atoms with van der Waals surface area (Å²) in [7, 11) is 0. The quantitative estimate of drug-likeness (QED) is 0.218. The van der Waals surface area contributed by atoms with E-state index in [1.54, 1.807) is 18.2 Å². The van der Waals surface area contributed by atoms with Gasteiger partial charge in [0.15, 0.2) is 5.41 Å². The van der Waals surface area contributed by atoms with Crippen LogP contribution in [0.25, 0.3) is 0 Å². The molecule has 2 amide bonds. The van der Waals surface area contributed by atoms with Crippen molar-refractivity contribution in [2.24, 2.45) is 11.1 Å². The first-order valence-electron chi connectivity index (χ1n) is 8.23. The van der Waals surface area contributed by atoms with Gasteiger partial charge in [-0.2, -0.15) is 0 Å². The third kappa shape index (κ3) is 3.84. The molecule has 0 radical (unpaired) electrons. The second-order valence-electron chi connectivity index (χ2n) is 6.49. The van der Waals surface area contributed by atoms with Crippen LogP contribution < -0.4 is 26.8 Å². The predicted octanol–water partition coefficient (Wildman–Crippen LogP) is 0.353. The Bertz CT molecular complexity index is 689. The molecule has 1 saturated heterocycles. The summed E-state index contributed by atoms with van der Waals surface area (Å²) in [4.78, 5) is 25.2. The molecule has 1 aliphatic heterocycles. The van der Waals surface area contributed by atoms with E-state index in [1.165, 1.54) is 0 Å². The number of nitrogen functional groups attached to an aromatic ring is 2. The Kier molecular flexibility index (Phi) is 5.51. The SMILES string of the molecule is CC(C)NC(=O)C1(COc2cccc(N)c2C(=N)N)CCCNC1=O. The monoisotopic (exact) mass is 347 g/mol. The van der Waals surface area contributed by atoms with Crippen molar-refractivity contribution in [2.75, 3.05) is 18.9 Å². The van der Waals surface area contributed by atoms with Crippen molar-refractivity contribution < 1.29 is 14.3 Å². The van der Waals surface area contributed by atoms with E-state index < -0.39 is 5.41 Å². The van der Waals surface area contributed by atoms with E-state index in [2.05, 4.69) is 10.6 Å². The Hall–Kier alpha value is -2.77. The highest BCUT2D eigenvalue weighted by molar-refractivity contribution is 6.06. The number of benzene rings is 1. The molecule has 8 heteroatoms. The largest absolute Gasteiger partial charge is 0.491 e. The third-order valence-electron chi connectivity index (χ3n) is 4.16. The van der Waals surface area contributed by atoms with Gasteiger partial charge < -0.3 is 26.8 Å². The van der Waals surface area contributed by atoms with Gasteiger partial charge >= 0.3 is 0 Å². The number of rotatable bonds is 6. The summed E-state index contributed by atoms with van der Waals surface area (Å²) in [5.74, 6) is -0.678. The highest BCUT2D eigenvalue weighted by Gasteiger charge is 2.48. The van der Waals surface area contributed by atoms with Gasteiger partial charge in [0.2, 0.25) is 11.8 Å². The van der Waals surface area contributed by atoms with Gasteiger partial charge in [0.25, 0.3) is 0 Å². The fourth-order valence-electron chi connectivity index (χ4n) is 2.85. The van der Waals surface area contributed by atoms with Gasteiger partial charge in [-0.15, -0.1) is 0 Å². The number of nitrogens with two attached hydrogens (primary N) is 2. The van der Waals surface area contributed by atoms with Crippen LogP contribution >= 0.6 is 0 Å². The summed E-state index contributed by atoms with van der Waals surface area (Å²) in [6, 6.07) is 4.79. The fourth-order valence-corrected chi connectivity index (χ4v) is 2.85. The van der Waals surface area contributed by atoms with Crippen molar-refractivity contribution in [3.05, 3.63) is 23.8 Å². The minimum absolute atomic E-state index is 0.0979. The number of amides is 2. The fraction of sp³-hybridized carbons (Fsp3) is 0.471. The van der Waals surface area contributed by atoms with E-state index in [0.29, 0.717) is 25.1 Å². The lowest BCUT2D eigenvalue weighted by molar-refractivity contribution is -0.148. The maximum absolute atomic E-state index is 12.7. The Labute approximate surface area is 146 Å². The van der Waals surface area contributed by atoms with E-state index in [-0.39, 0.29) is 41.6 Å². The highest BCUT2D eigenvalue weighted by atomic mass is 16.5. The average Bonchev–Trinajstić information content (AvgIpc) is 2.53. The zero-order valence-electron chi connectivity index (χ0n) is 14.5. The van der Waals surface area contributed by atoms with E-state index in [0.717, 1.165) is 0 Å². The molecule has 1 unspecified atom stereocenters. The molecule has 0 aliphatic carbocycles. The number of anilines is 1. The van der Waals surface area contributed by atoms with Crippen molar-refractivity contribution in [1.82, 2.24) is 10.6 Å². The molecule has 1 aromatic carbocycles. The Balaban J connectivity index is 2.30. The molecule has 1 aromatic rings. The van der Waals surface area contributed by atoms with Gasteiger partial charge in [-0.1, -0.05) is 6.07 Å². The van der Waals surface area contributed by atoms with Crippen LogP contribution in [0.5, 0.6) is 5.75 Å². The van der Waals surface area contributed by atoms with Crippen LogP contribution in [0.3, 0.4) is 0 Å². The van der Waals surface area contributed by atoms with Crippen LogP contribution in [0, 0.1) is 10.8 Å². The van der Waals surface area contributed by atoms with Crippen LogP contribution in [-0.4, -0.2) is 36.8 Å². The molecule has 7 N–H and O–H groups in total. The average molecular weight is 347 g/mol. The summed E-state index contributed by atoms with van der Waals surface area (Å²) in [6.07, 6.45) is 1.06. The molecule has 1 atom stereocenters. The molecule has 0 spiro atoms. The lowest BCUT2D eigenvalue weighted by Crippen LogP contribution is -2.58. The Morgan fingerprint density at radius 2 is 2.20 bits per heavy atom. The number of carbonyl (C=O) groups excluding carboxylic acids is 2. The standard InChI is InChI=1S/C17H25N5O3/c1-10(2)22-16(24)17(7-4-8-21-15(17)23)9-25-12-6-3-5-11(18)13(12)14(19)20/h3,5-6,10H,4,7-9,18H2,1-2H3,(H3,19,20)(H,21,23)(H,22,24). The van der Waals surface area contributed by atoms with Gasteiger partial charge in [0.05, 0.1) is 5.56 Å². The maximum atomic E-state index is 12.7. The zero-order chi connectivity index (χ0) is 18.6. The minimum atomic E-state index is -1.32. The van der Waals surface area contributed by atoms with E-state index in [1.807, 2.05) is 13.8 Å². The molecule has 1 aliphatic rings. The highest BCUT2D eigenvalue weighted by Crippen LogP contribution is 2.31. The number of carbonyl (C=O) groups is 2. The molecular formula is C17H25N5O3. The Morgan fingerprint density at radius 3 is 2.80 bits per heavy atom. The first-order chi connectivity index (χ1) is 11.8. The minimum Gasteiger partial charge on any atom is -0.491 e. The normalized spacial score (nSPS) is 20.0. The molecule has 0 aromatic heterocycles. The van der Waals surface area contributed by atoms with Gasteiger partial charge in [-0.25, -0.2) is 0 Å². The lowest BCUT2D eigenvalue weighted by Gasteiger charge is -2.35. The number of hydrogen-bond acceptors (Lipinski definition) is 5. The summed E-state index contributed by atoms with van der Waals surface area (Å²) in [6.45, 7) is 4.05. The molecule has 2 rings (SSSR count). The second-order valence-corrected chi connectivity index (χ2v) is 6.49. The van der Waals surface area contributed by atoms with Gasteiger partial charge in [-0.05, 0) is 38.8 Å². The second kappa shape index (κ2) is 7.42. The lowest BCUT2D eigenvalue weighted by atomic mass is 9.79. The molecule has 1 heterocycles. The van der Waals surface area contributed by atoms with Crippen LogP contribution in [0.15, 0.2) is 18.2 Å². The number of hydrogen-bond donors (Lipinski definition) is 5. The zero-order valence-corrected chi connectivity index (χ0v) is 14.5. The summed E-state index contributed by atoms with van der Waals surface area (Å²) < 4.78 is 5.77. The van der Waals surface area contributed by atoms with Gasteiger partial charge in [0.1, 0.15) is 18.2 Å². The van der Waals surface area contributed by atoms with Gasteiger partial charge in [-0.3, -0.25) is 15.0 Å². The van der Waals surface area contributed by atoms with Crippen molar-refractivity contribution in [2.45, 2.75) is 32.7 Å². The smallest absolute Gasteiger partial charge is 0.239 e. The van der Waals surface area contributed by atoms with Crippen LogP contribution in [0.1, 0.15) is 32.3 Å². The summed E-state index contributed by atoms with van der Waals surface area (Å²) in [5, 5.41) is 13.2. The third-order valence-corrected chi connectivity index (χ3v) is 4.16. The van der Waals surface area contributed by atoms with E-state index in [4.69, 9.17) is 21.6 Å². The maximum Gasteiger partial charge on any atom is 0.239 e. The van der Waals surface area contributed by atoms with Crippen molar-refractivity contribution in [1.29, 1.82) is 5.41 Å². The van der Waals surface area contributed by atoms with Crippen LogP contribution in [-0.2, 0) is 9.59 Å². The number of piperidine rings is 1. The summed E-state index contributed by atoms with van der Waals surface area (Å²) in [5.41, 5.74) is 10.7.